The summed E-state index contributed by atoms with van der Waals surface area (Å²) in [5.74, 6) is 1.17. The molecule has 1 saturated carbocycles. The fraction of sp³-hybridized carbons (Fsp3) is 0.333. The quantitative estimate of drug-likeness (QED) is 0.935. The second kappa shape index (κ2) is 5.25. The normalized spacial score (nSPS) is 14.1. The van der Waals surface area contributed by atoms with E-state index in [1.807, 2.05) is 18.4 Å². The van der Waals surface area contributed by atoms with E-state index >= 15 is 0 Å². The number of methoxy groups -OCH3 is 1. The highest BCUT2D eigenvalue weighted by Crippen LogP contribution is 2.40. The van der Waals surface area contributed by atoms with Crippen LogP contribution in [0.2, 0.25) is 0 Å². The van der Waals surface area contributed by atoms with Crippen molar-refractivity contribution in [3.05, 3.63) is 40.4 Å². The fourth-order valence-corrected chi connectivity index (χ4v) is 2.83. The fourth-order valence-electron chi connectivity index (χ4n) is 2.04. The summed E-state index contributed by atoms with van der Waals surface area (Å²) >= 11 is 1.48. The van der Waals surface area contributed by atoms with E-state index in [1.165, 1.54) is 24.2 Å². The number of nitrogens with zero attached hydrogens (tertiary/aromatic N) is 1. The van der Waals surface area contributed by atoms with E-state index in [-0.39, 0.29) is 5.91 Å². The van der Waals surface area contributed by atoms with Gasteiger partial charge in [-0.25, -0.2) is 4.98 Å². The minimum Gasteiger partial charge on any atom is -0.496 e. The predicted octanol–water partition coefficient (Wildman–Crippen LogP) is 3.59. The Morgan fingerprint density at radius 1 is 1.45 bits per heavy atom. The van der Waals surface area contributed by atoms with Crippen molar-refractivity contribution in [2.24, 2.45) is 0 Å². The van der Waals surface area contributed by atoms with E-state index in [9.17, 15) is 4.79 Å². The second-order valence-corrected chi connectivity index (χ2v) is 5.85. The molecule has 0 bridgehead atoms. The molecule has 1 aromatic carbocycles. The molecule has 2 aromatic rings. The number of anilines is 1. The van der Waals surface area contributed by atoms with Crippen molar-refractivity contribution in [1.29, 1.82) is 0 Å². The summed E-state index contributed by atoms with van der Waals surface area (Å²) in [5, 5.41) is 5.54. The minimum absolute atomic E-state index is 0.153. The summed E-state index contributed by atoms with van der Waals surface area (Å²) in [4.78, 5) is 16.6. The van der Waals surface area contributed by atoms with Gasteiger partial charge in [0, 0.05) is 16.9 Å². The van der Waals surface area contributed by atoms with Gasteiger partial charge in [-0.3, -0.25) is 10.1 Å². The molecule has 0 atom stereocenters. The lowest BCUT2D eigenvalue weighted by molar-refractivity contribution is 0.102. The number of carbonyl (C=O) groups excluding carboxylic acids is 1. The first-order valence-electron chi connectivity index (χ1n) is 6.59. The average molecular weight is 288 g/mol. The number of nitrogens with one attached hydrogen (secondary N) is 1. The summed E-state index contributed by atoms with van der Waals surface area (Å²) in [6.45, 7) is 1.95. The largest absolute Gasteiger partial charge is 0.496 e. The van der Waals surface area contributed by atoms with Gasteiger partial charge in [-0.1, -0.05) is 6.07 Å². The molecular formula is C15H16N2O2S. The van der Waals surface area contributed by atoms with Crippen molar-refractivity contribution < 1.29 is 9.53 Å². The van der Waals surface area contributed by atoms with Crippen LogP contribution in [0.15, 0.2) is 23.6 Å². The van der Waals surface area contributed by atoms with Crippen LogP contribution in [0.4, 0.5) is 5.13 Å². The van der Waals surface area contributed by atoms with Gasteiger partial charge < -0.3 is 4.74 Å². The zero-order chi connectivity index (χ0) is 14.1. The number of amides is 1. The number of benzene rings is 1. The lowest BCUT2D eigenvalue weighted by Gasteiger charge is -2.07. The molecule has 0 aliphatic heterocycles. The van der Waals surface area contributed by atoms with Gasteiger partial charge in [0.1, 0.15) is 5.75 Å². The van der Waals surface area contributed by atoms with Crippen LogP contribution >= 0.6 is 11.3 Å². The average Bonchev–Trinajstić information content (AvgIpc) is 3.20. The molecule has 0 saturated heterocycles. The van der Waals surface area contributed by atoms with Crippen LogP contribution in [0.3, 0.4) is 0 Å². The van der Waals surface area contributed by atoms with Crippen molar-refractivity contribution in [1.82, 2.24) is 4.98 Å². The number of aromatic nitrogens is 1. The molecule has 104 valence electrons. The Bertz CT molecular complexity index is 647. The van der Waals surface area contributed by atoms with Gasteiger partial charge >= 0.3 is 0 Å². The molecule has 1 N–H and O–H groups in total. The number of rotatable bonds is 4. The monoisotopic (exact) mass is 288 g/mol. The van der Waals surface area contributed by atoms with Crippen molar-refractivity contribution in [3.63, 3.8) is 0 Å². The topological polar surface area (TPSA) is 51.2 Å². The maximum absolute atomic E-state index is 12.2. The van der Waals surface area contributed by atoms with Crippen LogP contribution in [0.1, 0.15) is 40.4 Å². The SMILES string of the molecule is COc1cc(C(=O)Nc2nc(C3CC3)cs2)ccc1C. The number of ether oxygens (including phenoxy) is 1. The zero-order valence-corrected chi connectivity index (χ0v) is 12.3. The van der Waals surface area contributed by atoms with Crippen molar-refractivity contribution in [2.75, 3.05) is 12.4 Å². The van der Waals surface area contributed by atoms with Gasteiger partial charge in [0.15, 0.2) is 5.13 Å². The molecule has 1 amide bonds. The molecule has 0 radical (unpaired) electrons. The molecule has 3 rings (SSSR count). The number of hydrogen-bond acceptors (Lipinski definition) is 4. The lowest BCUT2D eigenvalue weighted by atomic mass is 10.1. The summed E-state index contributed by atoms with van der Waals surface area (Å²) in [6.07, 6.45) is 2.43. The Morgan fingerprint density at radius 3 is 2.95 bits per heavy atom. The minimum atomic E-state index is -0.153. The van der Waals surface area contributed by atoms with Crippen LogP contribution in [-0.2, 0) is 0 Å². The Labute approximate surface area is 121 Å². The van der Waals surface area contributed by atoms with E-state index in [4.69, 9.17) is 4.74 Å². The molecule has 1 heterocycles. The van der Waals surface area contributed by atoms with Gasteiger partial charge in [-0.05, 0) is 37.5 Å². The number of hydrogen-bond donors (Lipinski definition) is 1. The highest BCUT2D eigenvalue weighted by Gasteiger charge is 2.26. The van der Waals surface area contributed by atoms with Crippen LogP contribution in [-0.4, -0.2) is 18.0 Å². The first kappa shape index (κ1) is 13.1. The third-order valence-corrected chi connectivity index (χ3v) is 4.18. The maximum Gasteiger partial charge on any atom is 0.257 e. The molecule has 1 aliphatic carbocycles. The Morgan fingerprint density at radius 2 is 2.25 bits per heavy atom. The highest BCUT2D eigenvalue weighted by atomic mass is 32.1. The molecule has 4 nitrogen and oxygen atoms in total. The van der Waals surface area contributed by atoms with E-state index in [0.717, 1.165) is 17.0 Å². The molecule has 20 heavy (non-hydrogen) atoms. The van der Waals surface area contributed by atoms with E-state index < -0.39 is 0 Å². The molecule has 1 aliphatic rings. The second-order valence-electron chi connectivity index (χ2n) is 4.99. The predicted molar refractivity (Wildman–Crippen MR) is 79.8 cm³/mol. The Balaban J connectivity index is 1.74. The number of aryl methyl sites for hydroxylation is 1. The third kappa shape index (κ3) is 2.67. The van der Waals surface area contributed by atoms with Gasteiger partial charge in [0.2, 0.25) is 0 Å². The van der Waals surface area contributed by atoms with Crippen molar-refractivity contribution in [2.45, 2.75) is 25.7 Å². The molecule has 0 unspecified atom stereocenters. The summed E-state index contributed by atoms with van der Waals surface area (Å²) in [7, 11) is 1.60. The molecule has 5 heteroatoms. The maximum atomic E-state index is 12.2. The molecular weight excluding hydrogens is 272 g/mol. The van der Waals surface area contributed by atoms with Gasteiger partial charge in [-0.15, -0.1) is 11.3 Å². The van der Waals surface area contributed by atoms with E-state index in [0.29, 0.717) is 16.6 Å². The standard InChI is InChI=1S/C15H16N2O2S/c1-9-3-4-11(7-13(9)19-2)14(18)17-15-16-12(8-20-15)10-5-6-10/h3-4,7-8,10H,5-6H2,1-2H3,(H,16,17,18). The third-order valence-electron chi connectivity index (χ3n) is 3.41. The molecule has 0 spiro atoms. The number of carbonyl (C=O) groups is 1. The summed E-state index contributed by atoms with van der Waals surface area (Å²) in [5.41, 5.74) is 2.69. The van der Waals surface area contributed by atoms with Gasteiger partial charge in [0.05, 0.1) is 12.8 Å². The molecule has 1 fully saturated rings. The van der Waals surface area contributed by atoms with E-state index in [1.54, 1.807) is 19.2 Å². The van der Waals surface area contributed by atoms with Crippen LogP contribution in [0.5, 0.6) is 5.75 Å². The lowest BCUT2D eigenvalue weighted by Crippen LogP contribution is -2.12. The van der Waals surface area contributed by atoms with Crippen LogP contribution in [0.25, 0.3) is 0 Å². The smallest absolute Gasteiger partial charge is 0.257 e. The summed E-state index contributed by atoms with van der Waals surface area (Å²) < 4.78 is 5.24. The summed E-state index contributed by atoms with van der Waals surface area (Å²) in [6, 6.07) is 5.42. The van der Waals surface area contributed by atoms with Crippen molar-refractivity contribution in [3.8, 4) is 5.75 Å². The van der Waals surface area contributed by atoms with E-state index in [2.05, 4.69) is 10.3 Å². The van der Waals surface area contributed by atoms with Crippen molar-refractivity contribution >= 4 is 22.4 Å². The van der Waals surface area contributed by atoms with Crippen LogP contribution < -0.4 is 10.1 Å². The van der Waals surface area contributed by atoms with Gasteiger partial charge in [0.25, 0.3) is 5.91 Å². The number of thiazole rings is 1. The first-order valence-corrected chi connectivity index (χ1v) is 7.47. The molecule has 1 aromatic heterocycles. The Kier molecular flexibility index (Phi) is 3.44. The van der Waals surface area contributed by atoms with Gasteiger partial charge in [-0.2, -0.15) is 0 Å². The zero-order valence-electron chi connectivity index (χ0n) is 11.5. The first-order chi connectivity index (χ1) is 9.67. The Hall–Kier alpha value is -1.88. The highest BCUT2D eigenvalue weighted by molar-refractivity contribution is 7.14. The van der Waals surface area contributed by atoms with Crippen LogP contribution in [0, 0.1) is 6.92 Å².